The first-order valence-electron chi connectivity index (χ1n) is 6.44. The van der Waals surface area contributed by atoms with Crippen LogP contribution in [0.4, 0.5) is 11.5 Å². The minimum absolute atomic E-state index is 0.0544. The largest absolute Gasteiger partial charge is 0.364 e. The normalized spacial score (nSPS) is 19.5. The third-order valence-corrected chi connectivity index (χ3v) is 4.17. The van der Waals surface area contributed by atoms with Gasteiger partial charge in [-0.3, -0.25) is 10.1 Å². The molecular formula is C13H14N4O2. The van der Waals surface area contributed by atoms with Gasteiger partial charge in [0.2, 0.25) is 5.82 Å². The number of nitrogens with one attached hydrogen (secondary N) is 1. The molecule has 0 atom stereocenters. The number of hydrogen-bond acceptors (Lipinski definition) is 5. The van der Waals surface area contributed by atoms with Gasteiger partial charge >= 0.3 is 5.69 Å². The Bertz CT molecular complexity index is 570. The van der Waals surface area contributed by atoms with E-state index in [0.29, 0.717) is 5.41 Å². The Balaban J connectivity index is 1.80. The molecule has 0 aromatic carbocycles. The molecule has 0 unspecified atom stereocenters. The quantitative estimate of drug-likeness (QED) is 0.647. The maximum Gasteiger partial charge on any atom is 0.328 e. The zero-order chi connectivity index (χ0) is 13.5. The number of hydrogen-bond donors (Lipinski definition) is 1. The van der Waals surface area contributed by atoms with E-state index >= 15 is 0 Å². The van der Waals surface area contributed by atoms with E-state index in [1.54, 1.807) is 0 Å². The van der Waals surface area contributed by atoms with Gasteiger partial charge in [0.05, 0.1) is 4.92 Å². The standard InChI is InChI=1S/C13H14N4O2/c14-7-9-3-6-15-12(11(9)17(18)19)16-8-13(4-5-13)10-1-2-10/h3,6,10H,1-2,4-5,8H2,(H,15,16). The lowest BCUT2D eigenvalue weighted by Gasteiger charge is -2.15. The van der Waals surface area contributed by atoms with Crippen LogP contribution in [0.15, 0.2) is 12.3 Å². The summed E-state index contributed by atoms with van der Waals surface area (Å²) in [4.78, 5) is 14.5. The first kappa shape index (κ1) is 11.9. The highest BCUT2D eigenvalue weighted by Gasteiger charge is 2.53. The fraction of sp³-hybridized carbons (Fsp3) is 0.538. The van der Waals surface area contributed by atoms with Crippen LogP contribution in [0.1, 0.15) is 31.2 Å². The molecule has 0 bridgehead atoms. The van der Waals surface area contributed by atoms with E-state index in [4.69, 9.17) is 5.26 Å². The summed E-state index contributed by atoms with van der Waals surface area (Å²) in [5.41, 5.74) is 0.174. The second-order valence-corrected chi connectivity index (χ2v) is 5.41. The van der Waals surface area contributed by atoms with Crippen LogP contribution in [0.3, 0.4) is 0 Å². The minimum atomic E-state index is -0.537. The molecule has 2 saturated carbocycles. The second kappa shape index (κ2) is 4.19. The molecule has 0 spiro atoms. The van der Waals surface area contributed by atoms with Gasteiger partial charge in [-0.15, -0.1) is 0 Å². The number of nitro groups is 1. The highest BCUT2D eigenvalue weighted by molar-refractivity contribution is 5.64. The van der Waals surface area contributed by atoms with Crippen LogP contribution in [-0.4, -0.2) is 16.5 Å². The molecule has 2 fully saturated rings. The van der Waals surface area contributed by atoms with Gasteiger partial charge in [-0.25, -0.2) is 4.98 Å². The van der Waals surface area contributed by atoms with Crippen LogP contribution in [-0.2, 0) is 0 Å². The zero-order valence-electron chi connectivity index (χ0n) is 10.4. The van der Waals surface area contributed by atoms with Crippen LogP contribution in [0.25, 0.3) is 0 Å². The summed E-state index contributed by atoms with van der Waals surface area (Å²) in [6, 6.07) is 3.22. The number of aromatic nitrogens is 1. The average Bonchev–Trinajstić information content (AvgIpc) is 3.27. The van der Waals surface area contributed by atoms with Crippen LogP contribution < -0.4 is 5.32 Å². The SMILES string of the molecule is N#Cc1ccnc(NCC2(C3CC3)CC2)c1[N+](=O)[O-]. The van der Waals surface area contributed by atoms with Crippen molar-refractivity contribution in [2.45, 2.75) is 25.7 Å². The first-order valence-corrected chi connectivity index (χ1v) is 6.44. The molecule has 98 valence electrons. The summed E-state index contributed by atoms with van der Waals surface area (Å²) < 4.78 is 0. The highest BCUT2D eigenvalue weighted by Crippen LogP contribution is 2.61. The Morgan fingerprint density at radius 1 is 1.58 bits per heavy atom. The predicted molar refractivity (Wildman–Crippen MR) is 68.5 cm³/mol. The summed E-state index contributed by atoms with van der Waals surface area (Å²) >= 11 is 0. The lowest BCUT2D eigenvalue weighted by molar-refractivity contribution is -0.384. The van der Waals surface area contributed by atoms with Crippen LogP contribution >= 0.6 is 0 Å². The van der Waals surface area contributed by atoms with Crippen molar-refractivity contribution in [1.82, 2.24) is 4.98 Å². The monoisotopic (exact) mass is 258 g/mol. The Kier molecular flexibility index (Phi) is 2.63. The first-order chi connectivity index (χ1) is 9.16. The molecule has 0 radical (unpaired) electrons. The fourth-order valence-corrected chi connectivity index (χ4v) is 2.70. The van der Waals surface area contributed by atoms with Gasteiger partial charge < -0.3 is 5.32 Å². The van der Waals surface area contributed by atoms with Gasteiger partial charge in [0.25, 0.3) is 0 Å². The van der Waals surface area contributed by atoms with E-state index in [1.807, 2.05) is 6.07 Å². The molecule has 1 heterocycles. The van der Waals surface area contributed by atoms with Gasteiger partial charge in [-0.05, 0) is 43.1 Å². The number of rotatable bonds is 5. The second-order valence-electron chi connectivity index (χ2n) is 5.41. The van der Waals surface area contributed by atoms with E-state index in [2.05, 4.69) is 10.3 Å². The van der Waals surface area contributed by atoms with E-state index in [-0.39, 0.29) is 17.1 Å². The van der Waals surface area contributed by atoms with Gasteiger partial charge in [-0.2, -0.15) is 5.26 Å². The Morgan fingerprint density at radius 2 is 2.32 bits per heavy atom. The van der Waals surface area contributed by atoms with Crippen molar-refractivity contribution < 1.29 is 4.92 Å². The van der Waals surface area contributed by atoms with Crippen molar-refractivity contribution in [3.05, 3.63) is 27.9 Å². The zero-order valence-corrected chi connectivity index (χ0v) is 10.4. The third kappa shape index (κ3) is 2.12. The lowest BCUT2D eigenvalue weighted by Crippen LogP contribution is -2.18. The molecule has 1 N–H and O–H groups in total. The van der Waals surface area contributed by atoms with Gasteiger partial charge in [0.1, 0.15) is 11.6 Å². The molecular weight excluding hydrogens is 244 g/mol. The highest BCUT2D eigenvalue weighted by atomic mass is 16.6. The number of nitrogens with zero attached hydrogens (tertiary/aromatic N) is 3. The summed E-state index contributed by atoms with van der Waals surface area (Å²) in [5.74, 6) is 0.995. The molecule has 6 nitrogen and oxygen atoms in total. The summed E-state index contributed by atoms with van der Waals surface area (Å²) in [7, 11) is 0. The van der Waals surface area contributed by atoms with Gasteiger partial charge in [0, 0.05) is 12.7 Å². The Hall–Kier alpha value is -2.16. The van der Waals surface area contributed by atoms with E-state index in [0.717, 1.165) is 12.5 Å². The molecule has 6 heteroatoms. The molecule has 19 heavy (non-hydrogen) atoms. The molecule has 1 aromatic heterocycles. The minimum Gasteiger partial charge on any atom is -0.364 e. The number of pyridine rings is 1. The fourth-order valence-electron chi connectivity index (χ4n) is 2.70. The van der Waals surface area contributed by atoms with E-state index < -0.39 is 4.92 Å². The summed E-state index contributed by atoms with van der Waals surface area (Å²) in [5, 5.41) is 23.1. The molecule has 2 aliphatic carbocycles. The van der Waals surface area contributed by atoms with Gasteiger partial charge in [0.15, 0.2) is 0 Å². The topological polar surface area (TPSA) is 91.8 Å². The van der Waals surface area contributed by atoms with Crippen LogP contribution in [0.2, 0.25) is 0 Å². The summed E-state index contributed by atoms with van der Waals surface area (Å²) in [6.45, 7) is 0.723. The third-order valence-electron chi connectivity index (χ3n) is 4.17. The average molecular weight is 258 g/mol. The Labute approximate surface area is 110 Å². The van der Waals surface area contributed by atoms with Crippen molar-refractivity contribution in [1.29, 1.82) is 5.26 Å². The molecule has 0 aliphatic heterocycles. The Morgan fingerprint density at radius 3 is 2.84 bits per heavy atom. The predicted octanol–water partition coefficient (Wildman–Crippen LogP) is 2.46. The molecule has 1 aromatic rings. The maximum atomic E-state index is 11.1. The van der Waals surface area contributed by atoms with Crippen molar-refractivity contribution in [2.24, 2.45) is 11.3 Å². The van der Waals surface area contributed by atoms with Crippen LogP contribution in [0, 0.1) is 32.8 Å². The number of nitriles is 1. The molecule has 3 rings (SSSR count). The van der Waals surface area contributed by atoms with E-state index in [1.165, 1.54) is 37.9 Å². The molecule has 2 aliphatic rings. The maximum absolute atomic E-state index is 11.1. The van der Waals surface area contributed by atoms with E-state index in [9.17, 15) is 10.1 Å². The van der Waals surface area contributed by atoms with Gasteiger partial charge in [-0.1, -0.05) is 0 Å². The van der Waals surface area contributed by atoms with Crippen molar-refractivity contribution in [2.75, 3.05) is 11.9 Å². The molecule has 0 saturated heterocycles. The lowest BCUT2D eigenvalue weighted by atomic mass is 10.0. The van der Waals surface area contributed by atoms with Crippen molar-refractivity contribution in [3.63, 3.8) is 0 Å². The number of anilines is 1. The van der Waals surface area contributed by atoms with Crippen molar-refractivity contribution in [3.8, 4) is 6.07 Å². The molecule has 0 amide bonds. The smallest absolute Gasteiger partial charge is 0.328 e. The van der Waals surface area contributed by atoms with Crippen LogP contribution in [0.5, 0.6) is 0 Å². The van der Waals surface area contributed by atoms with Crippen molar-refractivity contribution >= 4 is 11.5 Å². The summed E-state index contributed by atoms with van der Waals surface area (Å²) in [6.07, 6.45) is 6.36.